The lowest BCUT2D eigenvalue weighted by molar-refractivity contribution is 0.0238. The lowest BCUT2D eigenvalue weighted by Gasteiger charge is -2.24. The number of amides is 1. The van der Waals surface area contributed by atoms with Crippen molar-refractivity contribution in [2.75, 3.05) is 19.7 Å². The molecule has 2 atom stereocenters. The Morgan fingerprint density at radius 1 is 1.52 bits per heavy atom. The van der Waals surface area contributed by atoms with E-state index in [0.717, 1.165) is 19.5 Å². The van der Waals surface area contributed by atoms with Crippen molar-refractivity contribution in [3.63, 3.8) is 0 Å². The summed E-state index contributed by atoms with van der Waals surface area (Å²) in [5, 5.41) is 2.06. The molecule has 0 radical (unpaired) electrons. The van der Waals surface area contributed by atoms with Gasteiger partial charge in [0.25, 0.3) is 0 Å². The molecule has 0 N–H and O–H groups in total. The highest BCUT2D eigenvalue weighted by atomic mass is 32.1. The van der Waals surface area contributed by atoms with E-state index in [1.54, 1.807) is 16.2 Å². The summed E-state index contributed by atoms with van der Waals surface area (Å²) in [4.78, 5) is 15.0. The first kappa shape index (κ1) is 16.3. The van der Waals surface area contributed by atoms with Crippen LogP contribution < -0.4 is 0 Å². The highest BCUT2D eigenvalue weighted by Gasteiger charge is 2.30. The van der Waals surface area contributed by atoms with Crippen molar-refractivity contribution in [1.82, 2.24) is 4.90 Å². The normalized spacial score (nSPS) is 20.6. The van der Waals surface area contributed by atoms with Gasteiger partial charge in [0.1, 0.15) is 5.60 Å². The molecule has 0 aliphatic carbocycles. The molecule has 5 heteroatoms. The average Bonchev–Trinajstić information content (AvgIpc) is 3.05. The molecule has 0 saturated carbocycles. The number of nitrogens with zero attached hydrogens (tertiary/aromatic N) is 1. The zero-order chi connectivity index (χ0) is 15.5. The predicted octanol–water partition coefficient (Wildman–Crippen LogP) is 4.08. The second-order valence-corrected chi connectivity index (χ2v) is 7.55. The number of carbonyl (C=O) groups is 1. The number of ether oxygens (including phenoxy) is 2. The van der Waals surface area contributed by atoms with E-state index in [0.29, 0.717) is 12.5 Å². The molecule has 0 spiro atoms. The van der Waals surface area contributed by atoms with Crippen LogP contribution in [-0.4, -0.2) is 36.3 Å². The van der Waals surface area contributed by atoms with Crippen LogP contribution in [0.2, 0.25) is 0 Å². The largest absolute Gasteiger partial charge is 0.444 e. The van der Waals surface area contributed by atoms with Crippen LogP contribution in [0.1, 0.15) is 45.1 Å². The van der Waals surface area contributed by atoms with Gasteiger partial charge in [0, 0.05) is 23.9 Å². The second kappa shape index (κ2) is 6.79. The topological polar surface area (TPSA) is 38.8 Å². The minimum absolute atomic E-state index is 0.126. The van der Waals surface area contributed by atoms with E-state index in [9.17, 15) is 4.79 Å². The van der Waals surface area contributed by atoms with Gasteiger partial charge in [-0.05, 0) is 45.6 Å². The molecule has 1 aliphatic rings. The Hall–Kier alpha value is -1.07. The Balaban J connectivity index is 1.74. The number of thiophene rings is 1. The standard InChI is InChI=1S/C16H25NO3S/c1-12(14-6-5-9-21-14)19-11-13-7-8-17(10-13)15(18)20-16(2,3)4/h5-6,9,12-13H,7-8,10-11H2,1-4H3/t12-,13-/m0/s1. The van der Waals surface area contributed by atoms with Gasteiger partial charge in [0.2, 0.25) is 0 Å². The Bertz CT molecular complexity index is 453. The van der Waals surface area contributed by atoms with Crippen LogP contribution in [0.15, 0.2) is 17.5 Å². The molecule has 4 nitrogen and oxygen atoms in total. The van der Waals surface area contributed by atoms with Gasteiger partial charge in [-0.1, -0.05) is 6.07 Å². The minimum Gasteiger partial charge on any atom is -0.444 e. The molecule has 118 valence electrons. The summed E-state index contributed by atoms with van der Waals surface area (Å²) in [6.07, 6.45) is 0.896. The van der Waals surface area contributed by atoms with E-state index in [1.807, 2.05) is 26.8 Å². The summed E-state index contributed by atoms with van der Waals surface area (Å²) in [6.45, 7) is 9.94. The second-order valence-electron chi connectivity index (χ2n) is 6.57. The minimum atomic E-state index is -0.431. The number of likely N-dealkylation sites (tertiary alicyclic amines) is 1. The van der Waals surface area contributed by atoms with E-state index in [4.69, 9.17) is 9.47 Å². The first-order valence-electron chi connectivity index (χ1n) is 7.48. The average molecular weight is 311 g/mol. The summed E-state index contributed by atoms with van der Waals surface area (Å²) in [5.41, 5.74) is -0.431. The Morgan fingerprint density at radius 2 is 2.29 bits per heavy atom. The lowest BCUT2D eigenvalue weighted by Crippen LogP contribution is -2.35. The van der Waals surface area contributed by atoms with Crippen molar-refractivity contribution < 1.29 is 14.3 Å². The van der Waals surface area contributed by atoms with E-state index < -0.39 is 5.60 Å². The predicted molar refractivity (Wildman–Crippen MR) is 84.6 cm³/mol. The number of rotatable bonds is 4. The highest BCUT2D eigenvalue weighted by molar-refractivity contribution is 7.10. The Kier molecular flexibility index (Phi) is 5.27. The fraction of sp³-hybridized carbons (Fsp3) is 0.688. The van der Waals surface area contributed by atoms with E-state index >= 15 is 0 Å². The zero-order valence-electron chi connectivity index (χ0n) is 13.3. The molecule has 1 aliphatic heterocycles. The SMILES string of the molecule is C[C@H](OC[C@H]1CCN(C(=O)OC(C)(C)C)C1)c1cccs1. The quantitative estimate of drug-likeness (QED) is 0.841. The molecule has 2 rings (SSSR count). The van der Waals surface area contributed by atoms with Gasteiger partial charge >= 0.3 is 6.09 Å². The van der Waals surface area contributed by atoms with Gasteiger partial charge in [-0.3, -0.25) is 0 Å². The highest BCUT2D eigenvalue weighted by Crippen LogP contribution is 2.25. The molecule has 1 aromatic heterocycles. The van der Waals surface area contributed by atoms with Crippen LogP contribution >= 0.6 is 11.3 Å². The van der Waals surface area contributed by atoms with Crippen molar-refractivity contribution >= 4 is 17.4 Å². The van der Waals surface area contributed by atoms with E-state index in [1.165, 1.54) is 4.88 Å². The maximum absolute atomic E-state index is 12.0. The zero-order valence-corrected chi connectivity index (χ0v) is 14.1. The first-order valence-corrected chi connectivity index (χ1v) is 8.36. The van der Waals surface area contributed by atoms with Crippen molar-refractivity contribution in [3.8, 4) is 0 Å². The van der Waals surface area contributed by atoms with Crippen LogP contribution in [0.5, 0.6) is 0 Å². The molecule has 1 aromatic rings. The first-order chi connectivity index (χ1) is 9.85. The van der Waals surface area contributed by atoms with Crippen molar-refractivity contribution in [2.24, 2.45) is 5.92 Å². The molecule has 21 heavy (non-hydrogen) atoms. The Labute approximate surface area is 131 Å². The van der Waals surface area contributed by atoms with Gasteiger partial charge < -0.3 is 14.4 Å². The van der Waals surface area contributed by atoms with Crippen LogP contribution in [-0.2, 0) is 9.47 Å². The molecular formula is C16H25NO3S. The molecule has 2 heterocycles. The third-order valence-corrected chi connectivity index (χ3v) is 4.50. The molecule has 1 amide bonds. The summed E-state index contributed by atoms with van der Waals surface area (Å²) >= 11 is 1.72. The number of carbonyl (C=O) groups excluding carboxylic acids is 1. The summed E-state index contributed by atoms with van der Waals surface area (Å²) < 4.78 is 11.3. The molecule has 0 bridgehead atoms. The maximum atomic E-state index is 12.0. The number of hydrogen-bond acceptors (Lipinski definition) is 4. The summed E-state index contributed by atoms with van der Waals surface area (Å²) in [5.74, 6) is 0.403. The van der Waals surface area contributed by atoms with Gasteiger partial charge in [0.05, 0.1) is 12.7 Å². The van der Waals surface area contributed by atoms with Crippen LogP contribution in [0.3, 0.4) is 0 Å². The smallest absolute Gasteiger partial charge is 0.410 e. The lowest BCUT2D eigenvalue weighted by atomic mass is 10.1. The Morgan fingerprint density at radius 3 is 2.90 bits per heavy atom. The van der Waals surface area contributed by atoms with Gasteiger partial charge in [0.15, 0.2) is 0 Å². The van der Waals surface area contributed by atoms with Crippen LogP contribution in [0.4, 0.5) is 4.79 Å². The van der Waals surface area contributed by atoms with E-state index in [2.05, 4.69) is 18.4 Å². The van der Waals surface area contributed by atoms with Crippen LogP contribution in [0, 0.1) is 5.92 Å². The van der Waals surface area contributed by atoms with Gasteiger partial charge in [-0.2, -0.15) is 0 Å². The fourth-order valence-electron chi connectivity index (χ4n) is 2.35. The fourth-order valence-corrected chi connectivity index (χ4v) is 3.08. The van der Waals surface area contributed by atoms with E-state index in [-0.39, 0.29) is 12.2 Å². The third kappa shape index (κ3) is 5.00. The molecule has 0 aromatic carbocycles. The van der Waals surface area contributed by atoms with Crippen molar-refractivity contribution in [1.29, 1.82) is 0 Å². The summed E-state index contributed by atoms with van der Waals surface area (Å²) in [6, 6.07) is 4.14. The number of hydrogen-bond donors (Lipinski definition) is 0. The monoisotopic (exact) mass is 311 g/mol. The molecular weight excluding hydrogens is 286 g/mol. The van der Waals surface area contributed by atoms with Crippen molar-refractivity contribution in [2.45, 2.75) is 45.8 Å². The van der Waals surface area contributed by atoms with Crippen LogP contribution in [0.25, 0.3) is 0 Å². The summed E-state index contributed by atoms with van der Waals surface area (Å²) in [7, 11) is 0. The maximum Gasteiger partial charge on any atom is 0.410 e. The van der Waals surface area contributed by atoms with Gasteiger partial charge in [-0.15, -0.1) is 11.3 Å². The molecule has 1 saturated heterocycles. The molecule has 0 unspecified atom stereocenters. The van der Waals surface area contributed by atoms with Gasteiger partial charge in [-0.25, -0.2) is 4.79 Å². The van der Waals surface area contributed by atoms with Crippen molar-refractivity contribution in [3.05, 3.63) is 22.4 Å². The third-order valence-electron chi connectivity index (χ3n) is 3.46. The molecule has 1 fully saturated rings.